The zero-order valence-corrected chi connectivity index (χ0v) is 14.8. The summed E-state index contributed by atoms with van der Waals surface area (Å²) in [7, 11) is 0. The van der Waals surface area contributed by atoms with Gasteiger partial charge < -0.3 is 15.5 Å². The van der Waals surface area contributed by atoms with Crippen LogP contribution < -0.4 is 10.6 Å². The summed E-state index contributed by atoms with van der Waals surface area (Å²) in [6.07, 6.45) is -0.303. The largest absolute Gasteiger partial charge is 0.353 e. The molecule has 0 saturated carbocycles. The van der Waals surface area contributed by atoms with E-state index in [2.05, 4.69) is 10.6 Å². The number of benzene rings is 1. The fraction of sp³-hybridized carbons (Fsp3) is 0.471. The average Bonchev–Trinajstić information content (AvgIpc) is 2.50. The quantitative estimate of drug-likeness (QED) is 0.814. The highest BCUT2D eigenvalue weighted by Gasteiger charge is 2.35. The monoisotopic (exact) mass is 351 g/mol. The average molecular weight is 352 g/mol. The van der Waals surface area contributed by atoms with Gasteiger partial charge in [-0.1, -0.05) is 31.5 Å². The lowest BCUT2D eigenvalue weighted by Gasteiger charge is -2.37. The van der Waals surface area contributed by atoms with E-state index >= 15 is 0 Å². The van der Waals surface area contributed by atoms with Crippen molar-refractivity contribution in [3.63, 3.8) is 0 Å². The molecule has 0 spiro atoms. The molecule has 7 heteroatoms. The summed E-state index contributed by atoms with van der Waals surface area (Å²) >= 11 is 5.93. The van der Waals surface area contributed by atoms with Gasteiger partial charge in [0.25, 0.3) is 0 Å². The molecule has 2 rings (SSSR count). The number of rotatable bonds is 4. The molecular formula is C17H22ClN3O3. The number of anilines is 1. The Bertz CT molecular complexity index is 660. The maximum Gasteiger partial charge on any atom is 0.243 e. The van der Waals surface area contributed by atoms with Crippen LogP contribution in [-0.4, -0.2) is 41.8 Å². The van der Waals surface area contributed by atoms with Crippen LogP contribution in [0.15, 0.2) is 18.2 Å². The van der Waals surface area contributed by atoms with Gasteiger partial charge in [0.2, 0.25) is 17.7 Å². The second kappa shape index (κ2) is 7.66. The first-order chi connectivity index (χ1) is 11.3. The number of nitrogens with zero attached hydrogens (tertiary/aromatic N) is 1. The number of carbonyl (C=O) groups is 3. The fourth-order valence-corrected chi connectivity index (χ4v) is 2.96. The minimum Gasteiger partial charge on any atom is -0.353 e. The number of nitrogens with one attached hydrogen (secondary N) is 2. The zero-order valence-electron chi connectivity index (χ0n) is 14.1. The molecule has 6 nitrogen and oxygen atoms in total. The first kappa shape index (κ1) is 18.3. The van der Waals surface area contributed by atoms with Crippen LogP contribution in [-0.2, 0) is 14.4 Å². The Kier molecular flexibility index (Phi) is 5.83. The molecule has 1 atom stereocenters. The summed E-state index contributed by atoms with van der Waals surface area (Å²) in [6.45, 7) is 6.42. The molecule has 0 aromatic heterocycles. The van der Waals surface area contributed by atoms with Gasteiger partial charge in [-0.25, -0.2) is 0 Å². The van der Waals surface area contributed by atoms with Crippen molar-refractivity contribution >= 4 is 35.0 Å². The van der Waals surface area contributed by atoms with E-state index in [1.54, 1.807) is 18.2 Å². The maximum absolute atomic E-state index is 12.5. The Morgan fingerprint density at radius 3 is 2.79 bits per heavy atom. The number of hydrogen-bond acceptors (Lipinski definition) is 3. The van der Waals surface area contributed by atoms with Crippen LogP contribution in [0, 0.1) is 12.8 Å². The highest BCUT2D eigenvalue weighted by molar-refractivity contribution is 6.31. The molecule has 1 aliphatic rings. The lowest BCUT2D eigenvalue weighted by atomic mass is 9.99. The Morgan fingerprint density at radius 2 is 2.12 bits per heavy atom. The molecule has 1 heterocycles. The molecule has 0 radical (unpaired) electrons. The van der Waals surface area contributed by atoms with Gasteiger partial charge in [-0.3, -0.25) is 14.4 Å². The summed E-state index contributed by atoms with van der Waals surface area (Å²) in [5.41, 5.74) is 1.44. The Morgan fingerprint density at radius 1 is 1.42 bits per heavy atom. The van der Waals surface area contributed by atoms with Gasteiger partial charge >= 0.3 is 0 Å². The molecule has 1 aromatic carbocycles. The predicted octanol–water partition coefficient (Wildman–Crippen LogP) is 1.96. The lowest BCUT2D eigenvalue weighted by Crippen LogP contribution is -2.59. The summed E-state index contributed by atoms with van der Waals surface area (Å²) < 4.78 is 0. The smallest absolute Gasteiger partial charge is 0.243 e. The van der Waals surface area contributed by atoms with E-state index in [4.69, 9.17) is 11.6 Å². The van der Waals surface area contributed by atoms with Crippen LogP contribution in [0.2, 0.25) is 5.02 Å². The van der Waals surface area contributed by atoms with Crippen molar-refractivity contribution in [1.82, 2.24) is 10.2 Å². The maximum atomic E-state index is 12.5. The Balaban J connectivity index is 2.04. The minimum absolute atomic E-state index is 0.0208. The molecular weight excluding hydrogens is 330 g/mol. The molecule has 0 aliphatic carbocycles. The van der Waals surface area contributed by atoms with Gasteiger partial charge in [0, 0.05) is 23.8 Å². The van der Waals surface area contributed by atoms with Gasteiger partial charge in [-0.15, -0.1) is 0 Å². The van der Waals surface area contributed by atoms with Gasteiger partial charge in [0.15, 0.2) is 0 Å². The van der Waals surface area contributed by atoms with Gasteiger partial charge in [0.1, 0.15) is 12.5 Å². The van der Waals surface area contributed by atoms with Crippen molar-refractivity contribution in [2.24, 2.45) is 5.92 Å². The van der Waals surface area contributed by atoms with Crippen molar-refractivity contribution in [3.05, 3.63) is 28.8 Å². The number of hydrogen-bond donors (Lipinski definition) is 2. The molecule has 24 heavy (non-hydrogen) atoms. The minimum atomic E-state index is -0.535. The number of piperazine rings is 1. The molecule has 2 N–H and O–H groups in total. The van der Waals surface area contributed by atoms with Crippen LogP contribution in [0.25, 0.3) is 0 Å². The Hall–Kier alpha value is -2.08. The first-order valence-electron chi connectivity index (χ1n) is 7.92. The fourth-order valence-electron chi connectivity index (χ4n) is 2.79. The molecule has 1 aromatic rings. The van der Waals surface area contributed by atoms with Crippen LogP contribution in [0.3, 0.4) is 0 Å². The van der Waals surface area contributed by atoms with Crippen molar-refractivity contribution in [1.29, 1.82) is 0 Å². The van der Waals surface area contributed by atoms with E-state index in [-0.39, 0.29) is 24.2 Å². The van der Waals surface area contributed by atoms with Crippen LogP contribution >= 0.6 is 11.6 Å². The van der Waals surface area contributed by atoms with E-state index in [1.807, 2.05) is 20.8 Å². The molecule has 1 aliphatic heterocycles. The van der Waals surface area contributed by atoms with Gasteiger partial charge in [0.05, 0.1) is 0 Å². The van der Waals surface area contributed by atoms with Crippen LogP contribution in [0.1, 0.15) is 25.8 Å². The molecule has 1 fully saturated rings. The summed E-state index contributed by atoms with van der Waals surface area (Å²) in [4.78, 5) is 38.1. The molecule has 130 valence electrons. The third kappa shape index (κ3) is 4.26. The molecule has 1 saturated heterocycles. The van der Waals surface area contributed by atoms with E-state index in [9.17, 15) is 14.4 Å². The highest BCUT2D eigenvalue weighted by Crippen LogP contribution is 2.21. The van der Waals surface area contributed by atoms with E-state index in [1.165, 1.54) is 4.90 Å². The summed E-state index contributed by atoms with van der Waals surface area (Å²) in [5, 5.41) is 5.97. The van der Waals surface area contributed by atoms with Crippen molar-refractivity contribution in [3.8, 4) is 0 Å². The Labute approximate surface area is 146 Å². The summed E-state index contributed by atoms with van der Waals surface area (Å²) in [6, 6.07) is 4.64. The SMILES string of the molecule is Cc1ccc(Cl)cc1NC(=O)CC(=O)N1CCNC(=O)[C@@H]1C(C)C. The van der Waals surface area contributed by atoms with E-state index in [0.29, 0.717) is 23.8 Å². The van der Waals surface area contributed by atoms with E-state index < -0.39 is 11.9 Å². The predicted molar refractivity (Wildman–Crippen MR) is 92.8 cm³/mol. The highest BCUT2D eigenvalue weighted by atomic mass is 35.5. The molecule has 3 amide bonds. The number of aryl methyl sites for hydroxylation is 1. The third-order valence-corrected chi connectivity index (χ3v) is 4.23. The van der Waals surface area contributed by atoms with Crippen LogP contribution in [0.4, 0.5) is 5.69 Å². The zero-order chi connectivity index (χ0) is 17.9. The molecule has 0 bridgehead atoms. The number of halogens is 1. The standard InChI is InChI=1S/C17H22ClN3O3/c1-10(2)16-17(24)19-6-7-21(16)15(23)9-14(22)20-13-8-12(18)5-4-11(13)3/h4-5,8,10,16H,6-7,9H2,1-3H3,(H,19,24)(H,20,22)/t16-/m0/s1. The third-order valence-electron chi connectivity index (χ3n) is 3.99. The van der Waals surface area contributed by atoms with Gasteiger partial charge in [-0.05, 0) is 30.5 Å². The second-order valence-corrected chi connectivity index (χ2v) is 6.69. The number of carbonyl (C=O) groups excluding carboxylic acids is 3. The van der Waals surface area contributed by atoms with Gasteiger partial charge in [-0.2, -0.15) is 0 Å². The van der Waals surface area contributed by atoms with Crippen molar-refractivity contribution in [2.45, 2.75) is 33.2 Å². The van der Waals surface area contributed by atoms with E-state index in [0.717, 1.165) is 5.56 Å². The number of amides is 3. The van der Waals surface area contributed by atoms with Crippen molar-refractivity contribution in [2.75, 3.05) is 18.4 Å². The summed E-state index contributed by atoms with van der Waals surface area (Å²) in [5.74, 6) is -0.956. The first-order valence-corrected chi connectivity index (χ1v) is 8.30. The topological polar surface area (TPSA) is 78.5 Å². The molecule has 0 unspecified atom stereocenters. The van der Waals surface area contributed by atoms with Crippen LogP contribution in [0.5, 0.6) is 0 Å². The lowest BCUT2D eigenvalue weighted by molar-refractivity contribution is -0.146. The second-order valence-electron chi connectivity index (χ2n) is 6.25. The normalized spacial score (nSPS) is 17.6. The van der Waals surface area contributed by atoms with Crippen molar-refractivity contribution < 1.29 is 14.4 Å².